The first-order chi connectivity index (χ1) is 29.7. The maximum Gasteiger partial charge on any atom is 0.329 e. The number of hydrogen-bond donors (Lipinski definition) is 4. The number of ether oxygens (including phenoxy) is 4. The van der Waals surface area contributed by atoms with Gasteiger partial charge in [-0.2, -0.15) is 0 Å². The van der Waals surface area contributed by atoms with E-state index >= 15 is 0 Å². The lowest BCUT2D eigenvalue weighted by molar-refractivity contribution is -0.265. The number of cyclic esters (lactones) is 1. The third-order valence-electron chi connectivity index (χ3n) is 14.0. The van der Waals surface area contributed by atoms with Crippen LogP contribution in [0.5, 0.6) is 0 Å². The Bertz CT molecular complexity index is 1720. The molecular formula is C49H75NO13. The average Bonchev–Trinajstić information content (AvgIpc) is 3.74. The van der Waals surface area contributed by atoms with Crippen LogP contribution in [-0.4, -0.2) is 130 Å². The molecule has 0 aromatic rings. The van der Waals surface area contributed by atoms with E-state index < -0.39 is 83.9 Å². The Hall–Kier alpha value is -3.37. The van der Waals surface area contributed by atoms with E-state index in [1.165, 1.54) is 7.11 Å². The summed E-state index contributed by atoms with van der Waals surface area (Å²) >= 11 is 0. The number of nitrogens with zero attached hydrogens (tertiary/aromatic N) is 1. The van der Waals surface area contributed by atoms with Crippen molar-refractivity contribution < 1.29 is 63.3 Å². The highest BCUT2D eigenvalue weighted by Gasteiger charge is 2.53. The molecule has 354 valence electrons. The van der Waals surface area contributed by atoms with Crippen molar-refractivity contribution in [3.63, 3.8) is 0 Å². The van der Waals surface area contributed by atoms with Crippen molar-refractivity contribution in [2.24, 2.45) is 35.5 Å². The minimum absolute atomic E-state index is 0.00431. The molecule has 1 aliphatic carbocycles. The van der Waals surface area contributed by atoms with Crippen LogP contribution in [0.4, 0.5) is 0 Å². The van der Waals surface area contributed by atoms with Crippen molar-refractivity contribution in [2.75, 3.05) is 20.8 Å². The molecule has 2 bridgehead atoms. The predicted molar refractivity (Wildman–Crippen MR) is 236 cm³/mol. The molecule has 1 unspecified atom stereocenters. The van der Waals surface area contributed by atoms with E-state index in [1.54, 1.807) is 66.0 Å². The molecule has 0 aromatic heterocycles. The van der Waals surface area contributed by atoms with Crippen molar-refractivity contribution in [2.45, 2.75) is 174 Å². The molecule has 3 heterocycles. The molecular weight excluding hydrogens is 811 g/mol. The number of Topliss-reactive ketones (excluding diaryl/α,β-unsaturated/α-hetero) is 3. The zero-order valence-corrected chi connectivity index (χ0v) is 38.9. The van der Waals surface area contributed by atoms with Crippen LogP contribution in [-0.2, 0) is 42.9 Å². The second-order valence-corrected chi connectivity index (χ2v) is 19.0. The highest BCUT2D eigenvalue weighted by molar-refractivity contribution is 6.39. The Morgan fingerprint density at radius 1 is 0.873 bits per heavy atom. The minimum Gasteiger partial charge on any atom is -0.460 e. The van der Waals surface area contributed by atoms with Crippen LogP contribution in [0.15, 0.2) is 47.6 Å². The fraction of sp³-hybridized carbons (Fsp3) is 0.735. The Kier molecular flexibility index (Phi) is 19.7. The zero-order valence-electron chi connectivity index (χ0n) is 38.9. The lowest BCUT2D eigenvalue weighted by Gasteiger charge is -2.41. The molecule has 3 fully saturated rings. The number of hydrogen-bond acceptors (Lipinski definition) is 13. The SMILES string of the molecule is CO[C@H]1CC(C[C@@H](C)[C@@H]2CC(=O)[C@H](C)/C=C(\C)[C@@H](O)[C@@H](OC)C(=O)[C@H](C)C[C@H](C)/C=C/C=C/C=C(\C)[C@@H](O)C[C@@H]3CC[C@@H](C)[C@@](O)(O3)C(=O)C(=O)N3CCC[C@H]3C(=O)O2)CC[C@@H]1O. The summed E-state index contributed by atoms with van der Waals surface area (Å²) in [5, 5.41) is 44.6. The number of carbonyl (C=O) groups excluding carboxylic acids is 5. The molecule has 14 heteroatoms. The van der Waals surface area contributed by atoms with Gasteiger partial charge in [0.25, 0.3) is 11.7 Å². The lowest BCUT2D eigenvalue weighted by Crippen LogP contribution is -2.59. The molecule has 0 spiro atoms. The van der Waals surface area contributed by atoms with Crippen LogP contribution in [0, 0.1) is 35.5 Å². The number of amides is 1. The first kappa shape index (κ1) is 52.3. The molecule has 15 atom stereocenters. The van der Waals surface area contributed by atoms with Crippen LogP contribution < -0.4 is 0 Å². The van der Waals surface area contributed by atoms with Gasteiger partial charge >= 0.3 is 5.97 Å². The maximum atomic E-state index is 14.2. The van der Waals surface area contributed by atoms with E-state index in [4.69, 9.17) is 18.9 Å². The van der Waals surface area contributed by atoms with E-state index in [0.717, 1.165) is 4.90 Å². The van der Waals surface area contributed by atoms with Crippen LogP contribution in [0.3, 0.4) is 0 Å². The Labute approximate surface area is 374 Å². The van der Waals surface area contributed by atoms with Gasteiger partial charge in [0.05, 0.1) is 24.4 Å². The van der Waals surface area contributed by atoms with Crippen molar-refractivity contribution in [3.05, 3.63) is 47.6 Å². The van der Waals surface area contributed by atoms with Gasteiger partial charge in [0.2, 0.25) is 5.79 Å². The summed E-state index contributed by atoms with van der Waals surface area (Å²) in [6.07, 6.45) is 8.84. The summed E-state index contributed by atoms with van der Waals surface area (Å²) in [6.45, 7) is 12.4. The number of esters is 1. The van der Waals surface area contributed by atoms with Gasteiger partial charge in [-0.1, -0.05) is 71.1 Å². The Balaban J connectivity index is 1.67. The fourth-order valence-corrected chi connectivity index (χ4v) is 9.68. The van der Waals surface area contributed by atoms with Gasteiger partial charge in [-0.15, -0.1) is 0 Å². The molecule has 63 heavy (non-hydrogen) atoms. The number of ketones is 3. The van der Waals surface area contributed by atoms with E-state index in [0.29, 0.717) is 62.5 Å². The van der Waals surface area contributed by atoms with Gasteiger partial charge in [-0.3, -0.25) is 19.2 Å². The van der Waals surface area contributed by atoms with E-state index in [2.05, 4.69) is 0 Å². The van der Waals surface area contributed by atoms with Gasteiger partial charge in [0.15, 0.2) is 5.78 Å². The van der Waals surface area contributed by atoms with E-state index in [1.807, 2.05) is 26.0 Å². The largest absolute Gasteiger partial charge is 0.460 e. The number of methoxy groups -OCH3 is 2. The van der Waals surface area contributed by atoms with Gasteiger partial charge in [0, 0.05) is 51.4 Å². The number of fused-ring (bicyclic) bond motifs is 3. The van der Waals surface area contributed by atoms with Gasteiger partial charge in [0.1, 0.15) is 30.1 Å². The highest BCUT2D eigenvalue weighted by atomic mass is 16.6. The summed E-state index contributed by atoms with van der Waals surface area (Å²) in [6, 6.07) is -1.15. The second kappa shape index (κ2) is 23.7. The highest BCUT2D eigenvalue weighted by Crippen LogP contribution is 2.37. The third kappa shape index (κ3) is 13.6. The standard InChI is InChI=1S/C49H75NO13/c1-28-14-11-10-12-15-29(2)39(52)26-36-19-17-34(7)49(59,63-36)46(56)47(57)50-21-13-16-37(50)48(58)62-41(31(4)24-35-18-20-38(51)42(25-35)60-8)27-40(53)30(3)23-33(6)44(55)45(61-9)43(54)32(5)22-28/h10-12,14-15,23,28,30-32,34-39,41-42,44-45,51-52,55,59H,13,16-22,24-27H2,1-9H3/b12-10+,14-11+,29-15+,33-23+/t28-,30-,31-,32-,34-,35?,36+,37+,38+,39+,41+,42+,44-,45+,49-/m1/s1. The summed E-state index contributed by atoms with van der Waals surface area (Å²) < 4.78 is 23.2. The third-order valence-corrected chi connectivity index (χ3v) is 14.0. The molecule has 1 amide bonds. The molecule has 14 nitrogen and oxygen atoms in total. The number of aliphatic hydroxyl groups is 4. The first-order valence-corrected chi connectivity index (χ1v) is 23.0. The van der Waals surface area contributed by atoms with Crippen LogP contribution in [0.2, 0.25) is 0 Å². The van der Waals surface area contributed by atoms with Crippen LogP contribution >= 0.6 is 0 Å². The smallest absolute Gasteiger partial charge is 0.329 e. The van der Waals surface area contributed by atoms with Crippen LogP contribution in [0.25, 0.3) is 0 Å². The Morgan fingerprint density at radius 2 is 1.59 bits per heavy atom. The van der Waals surface area contributed by atoms with E-state index in [-0.39, 0.29) is 61.2 Å². The molecule has 0 radical (unpaired) electrons. The quantitative estimate of drug-likeness (QED) is 0.161. The molecule has 4 aliphatic rings. The fourth-order valence-electron chi connectivity index (χ4n) is 9.68. The van der Waals surface area contributed by atoms with Crippen LogP contribution in [0.1, 0.15) is 119 Å². The Morgan fingerprint density at radius 3 is 2.27 bits per heavy atom. The predicted octanol–water partition coefficient (Wildman–Crippen LogP) is 5.14. The topological polar surface area (TPSA) is 206 Å². The average molecular weight is 886 g/mol. The van der Waals surface area contributed by atoms with E-state index in [9.17, 15) is 44.4 Å². The lowest BCUT2D eigenvalue weighted by atomic mass is 9.78. The normalized spacial score (nSPS) is 41.1. The number of rotatable bonds is 5. The summed E-state index contributed by atoms with van der Waals surface area (Å²) in [5.74, 6) is -8.25. The molecule has 2 saturated heterocycles. The van der Waals surface area contributed by atoms with Gasteiger partial charge in [-0.05, 0) is 101 Å². The summed E-state index contributed by atoms with van der Waals surface area (Å²) in [4.78, 5) is 70.9. The summed E-state index contributed by atoms with van der Waals surface area (Å²) in [5.41, 5.74) is 0.997. The number of allylic oxidation sites excluding steroid dienone is 6. The molecule has 3 aliphatic heterocycles. The monoisotopic (exact) mass is 886 g/mol. The van der Waals surface area contributed by atoms with Gasteiger partial charge in [-0.25, -0.2) is 4.79 Å². The first-order valence-electron chi connectivity index (χ1n) is 23.0. The second-order valence-electron chi connectivity index (χ2n) is 19.0. The molecule has 4 rings (SSSR count). The maximum absolute atomic E-state index is 14.2. The zero-order chi connectivity index (χ0) is 46.8. The molecule has 0 aromatic carbocycles. The summed E-state index contributed by atoms with van der Waals surface area (Å²) in [7, 11) is 2.92. The van der Waals surface area contributed by atoms with Crippen molar-refractivity contribution in [1.29, 1.82) is 0 Å². The number of carbonyl (C=O) groups is 5. The molecule has 1 saturated carbocycles. The van der Waals surface area contributed by atoms with Gasteiger partial charge < -0.3 is 44.3 Å². The minimum atomic E-state index is -2.48. The van der Waals surface area contributed by atoms with Crippen molar-refractivity contribution in [1.82, 2.24) is 4.90 Å². The van der Waals surface area contributed by atoms with Crippen molar-refractivity contribution >= 4 is 29.2 Å². The molecule has 4 N–H and O–H groups in total. The van der Waals surface area contributed by atoms with Crippen molar-refractivity contribution in [3.8, 4) is 0 Å². The number of aliphatic hydroxyl groups excluding tert-OH is 3.